The van der Waals surface area contributed by atoms with E-state index in [0.29, 0.717) is 9.69 Å². The second-order valence-corrected chi connectivity index (χ2v) is 5.93. The van der Waals surface area contributed by atoms with Gasteiger partial charge in [-0.15, -0.1) is 11.3 Å². The van der Waals surface area contributed by atoms with Crippen molar-refractivity contribution in [1.29, 1.82) is 0 Å². The van der Waals surface area contributed by atoms with E-state index in [4.69, 9.17) is 11.6 Å². The third-order valence-corrected chi connectivity index (χ3v) is 4.23. The number of hydrogen-bond donors (Lipinski definition) is 1. The quantitative estimate of drug-likeness (QED) is 0.738. The molecule has 106 valence electrons. The SMILES string of the molecule is CN(/N=c1/sc2ccccc2[nH]c1=O)c1cccc(Cl)c1. The van der Waals surface area contributed by atoms with Gasteiger partial charge >= 0.3 is 0 Å². The van der Waals surface area contributed by atoms with Crippen LogP contribution in [0.5, 0.6) is 0 Å². The molecule has 0 spiro atoms. The molecule has 0 aliphatic heterocycles. The monoisotopic (exact) mass is 317 g/mol. The summed E-state index contributed by atoms with van der Waals surface area (Å²) in [5.74, 6) is 0. The fourth-order valence-corrected chi connectivity index (χ4v) is 3.00. The van der Waals surface area contributed by atoms with Crippen molar-refractivity contribution in [1.82, 2.24) is 4.98 Å². The molecule has 0 amide bonds. The lowest BCUT2D eigenvalue weighted by Crippen LogP contribution is -2.28. The zero-order chi connectivity index (χ0) is 14.8. The fraction of sp³-hybridized carbons (Fsp3) is 0.0667. The molecule has 0 fully saturated rings. The van der Waals surface area contributed by atoms with E-state index >= 15 is 0 Å². The first-order chi connectivity index (χ1) is 10.1. The molecule has 0 aliphatic rings. The fourth-order valence-electron chi connectivity index (χ4n) is 1.92. The van der Waals surface area contributed by atoms with Gasteiger partial charge in [0.1, 0.15) is 0 Å². The van der Waals surface area contributed by atoms with Crippen molar-refractivity contribution in [2.75, 3.05) is 12.1 Å². The summed E-state index contributed by atoms with van der Waals surface area (Å²) in [5.41, 5.74) is 1.44. The van der Waals surface area contributed by atoms with Crippen molar-refractivity contribution >= 4 is 38.8 Å². The smallest absolute Gasteiger partial charge is 0.286 e. The van der Waals surface area contributed by atoms with Crippen LogP contribution >= 0.6 is 22.9 Å². The van der Waals surface area contributed by atoms with Crippen LogP contribution in [0.15, 0.2) is 58.4 Å². The maximum atomic E-state index is 12.1. The van der Waals surface area contributed by atoms with E-state index in [2.05, 4.69) is 10.1 Å². The Labute approximate surface area is 129 Å². The third kappa shape index (κ3) is 2.99. The van der Waals surface area contributed by atoms with Gasteiger partial charge in [0.2, 0.25) is 4.67 Å². The molecule has 0 unspecified atom stereocenters. The minimum absolute atomic E-state index is 0.201. The zero-order valence-electron chi connectivity index (χ0n) is 11.2. The standard InChI is InChI=1S/C15H12ClN3OS/c1-19(11-6-4-5-10(16)9-11)18-15-14(20)17-12-7-2-3-8-13(12)21-15/h2-9H,1H3,(H,17,20)/b18-15+. The van der Waals surface area contributed by atoms with Gasteiger partial charge in [-0.3, -0.25) is 9.80 Å². The molecule has 1 N–H and O–H groups in total. The van der Waals surface area contributed by atoms with Crippen LogP contribution in [0.3, 0.4) is 0 Å². The van der Waals surface area contributed by atoms with Crippen LogP contribution < -0.4 is 15.2 Å². The molecule has 6 heteroatoms. The Hall–Kier alpha value is -2.11. The van der Waals surface area contributed by atoms with Crippen LogP contribution in [-0.2, 0) is 0 Å². The molecule has 1 heterocycles. The number of aromatic nitrogens is 1. The molecule has 0 saturated heterocycles. The number of fused-ring (bicyclic) bond motifs is 1. The van der Waals surface area contributed by atoms with E-state index in [0.717, 1.165) is 15.9 Å². The van der Waals surface area contributed by atoms with Crippen molar-refractivity contribution < 1.29 is 0 Å². The zero-order valence-corrected chi connectivity index (χ0v) is 12.8. The van der Waals surface area contributed by atoms with Crippen molar-refractivity contribution in [2.45, 2.75) is 0 Å². The van der Waals surface area contributed by atoms with E-state index in [-0.39, 0.29) is 5.56 Å². The van der Waals surface area contributed by atoms with Crippen LogP contribution in [0.25, 0.3) is 10.2 Å². The van der Waals surface area contributed by atoms with Crippen LogP contribution in [-0.4, -0.2) is 12.0 Å². The Bertz CT molecular complexity index is 916. The molecule has 4 nitrogen and oxygen atoms in total. The molecule has 2 aromatic carbocycles. The Morgan fingerprint density at radius 1 is 1.19 bits per heavy atom. The largest absolute Gasteiger partial charge is 0.319 e. The van der Waals surface area contributed by atoms with Crippen LogP contribution in [0.1, 0.15) is 0 Å². The molecule has 0 bridgehead atoms. The highest BCUT2D eigenvalue weighted by molar-refractivity contribution is 7.16. The number of anilines is 1. The van der Waals surface area contributed by atoms with Crippen molar-refractivity contribution in [3.8, 4) is 0 Å². The number of H-pyrrole nitrogens is 1. The average Bonchev–Trinajstić information content (AvgIpc) is 2.48. The molecule has 0 aliphatic carbocycles. The summed E-state index contributed by atoms with van der Waals surface area (Å²) >= 11 is 7.32. The molecule has 21 heavy (non-hydrogen) atoms. The van der Waals surface area contributed by atoms with Gasteiger partial charge in [0.15, 0.2) is 0 Å². The minimum atomic E-state index is -0.201. The highest BCUT2D eigenvalue weighted by Gasteiger charge is 2.02. The van der Waals surface area contributed by atoms with E-state index in [1.807, 2.05) is 36.4 Å². The summed E-state index contributed by atoms with van der Waals surface area (Å²) in [6, 6.07) is 15.0. The summed E-state index contributed by atoms with van der Waals surface area (Å²) in [6.07, 6.45) is 0. The number of rotatable bonds is 2. The van der Waals surface area contributed by atoms with Crippen LogP contribution in [0, 0.1) is 0 Å². The van der Waals surface area contributed by atoms with Gasteiger partial charge in [-0.25, -0.2) is 0 Å². The van der Waals surface area contributed by atoms with E-state index in [1.165, 1.54) is 11.3 Å². The van der Waals surface area contributed by atoms with E-state index in [1.54, 1.807) is 24.2 Å². The highest BCUT2D eigenvalue weighted by atomic mass is 35.5. The van der Waals surface area contributed by atoms with Crippen LogP contribution in [0.4, 0.5) is 5.69 Å². The lowest BCUT2D eigenvalue weighted by Gasteiger charge is -2.12. The number of benzene rings is 2. The lowest BCUT2D eigenvalue weighted by molar-refractivity contribution is 0.967. The normalized spacial score (nSPS) is 11.8. The van der Waals surface area contributed by atoms with E-state index < -0.39 is 0 Å². The summed E-state index contributed by atoms with van der Waals surface area (Å²) in [7, 11) is 1.78. The maximum absolute atomic E-state index is 12.1. The highest BCUT2D eigenvalue weighted by Crippen LogP contribution is 2.18. The molecule has 3 rings (SSSR count). The van der Waals surface area contributed by atoms with Gasteiger partial charge in [0.05, 0.1) is 15.9 Å². The molecular formula is C15H12ClN3OS. The Morgan fingerprint density at radius 2 is 2.00 bits per heavy atom. The topological polar surface area (TPSA) is 48.5 Å². The molecule has 3 aromatic rings. The predicted octanol–water partition coefficient (Wildman–Crippen LogP) is 3.20. The number of aromatic amines is 1. The number of nitrogens with zero attached hydrogens (tertiary/aromatic N) is 2. The van der Waals surface area contributed by atoms with Crippen molar-refractivity contribution in [3.05, 3.63) is 68.6 Å². The molecular weight excluding hydrogens is 306 g/mol. The molecule has 0 saturated carbocycles. The van der Waals surface area contributed by atoms with Gasteiger partial charge in [-0.1, -0.05) is 29.8 Å². The van der Waals surface area contributed by atoms with Gasteiger partial charge in [0.25, 0.3) is 5.56 Å². The van der Waals surface area contributed by atoms with Crippen molar-refractivity contribution in [2.24, 2.45) is 5.10 Å². The Morgan fingerprint density at radius 3 is 2.81 bits per heavy atom. The first kappa shape index (κ1) is 13.9. The maximum Gasteiger partial charge on any atom is 0.286 e. The Balaban J connectivity index is 2.10. The van der Waals surface area contributed by atoms with Gasteiger partial charge < -0.3 is 4.98 Å². The third-order valence-electron chi connectivity index (χ3n) is 2.96. The van der Waals surface area contributed by atoms with Crippen molar-refractivity contribution in [3.63, 3.8) is 0 Å². The summed E-state index contributed by atoms with van der Waals surface area (Å²) in [4.78, 5) is 14.9. The predicted molar refractivity (Wildman–Crippen MR) is 87.9 cm³/mol. The van der Waals surface area contributed by atoms with Crippen LogP contribution in [0.2, 0.25) is 5.02 Å². The second-order valence-electron chi connectivity index (χ2n) is 4.46. The summed E-state index contributed by atoms with van der Waals surface area (Å²) in [5, 5.41) is 6.64. The molecule has 0 radical (unpaired) electrons. The van der Waals surface area contributed by atoms with Gasteiger partial charge in [-0.2, -0.15) is 5.10 Å². The average molecular weight is 318 g/mol. The van der Waals surface area contributed by atoms with Gasteiger partial charge in [0, 0.05) is 12.1 Å². The van der Waals surface area contributed by atoms with Gasteiger partial charge in [-0.05, 0) is 30.3 Å². The Kier molecular flexibility index (Phi) is 3.77. The number of hydrogen-bond acceptors (Lipinski definition) is 4. The first-order valence-corrected chi connectivity index (χ1v) is 7.49. The lowest BCUT2D eigenvalue weighted by atomic mass is 10.3. The minimum Gasteiger partial charge on any atom is -0.319 e. The second kappa shape index (κ2) is 5.71. The first-order valence-electron chi connectivity index (χ1n) is 6.29. The number of nitrogens with one attached hydrogen (secondary N) is 1. The summed E-state index contributed by atoms with van der Waals surface area (Å²) in [6.45, 7) is 0. The number of para-hydroxylation sites is 1. The van der Waals surface area contributed by atoms with E-state index in [9.17, 15) is 4.79 Å². The number of halogens is 1. The summed E-state index contributed by atoms with van der Waals surface area (Å²) < 4.78 is 1.38. The molecule has 0 atom stereocenters. The molecule has 1 aromatic heterocycles.